The summed E-state index contributed by atoms with van der Waals surface area (Å²) in [6.07, 6.45) is 9.34. The van der Waals surface area contributed by atoms with E-state index in [1.807, 2.05) is 0 Å². The van der Waals surface area contributed by atoms with Crippen LogP contribution in [0.25, 0.3) is 0 Å². The highest BCUT2D eigenvalue weighted by atomic mass is 16.5. The van der Waals surface area contributed by atoms with Crippen molar-refractivity contribution in [1.82, 2.24) is 4.90 Å². The number of β-amino-alcohol motifs (C(OH)–C–C–N with tert-alkyl or cyclic N) is 1. The van der Waals surface area contributed by atoms with Crippen LogP contribution < -0.4 is 0 Å². The van der Waals surface area contributed by atoms with E-state index in [0.29, 0.717) is 6.61 Å². The summed E-state index contributed by atoms with van der Waals surface area (Å²) in [6, 6.07) is 0. The maximum absolute atomic E-state index is 10.1. The molecule has 122 valence electrons. The van der Waals surface area contributed by atoms with E-state index in [9.17, 15) is 5.11 Å². The molecule has 0 unspecified atom stereocenters. The molecule has 0 radical (unpaired) electrons. The van der Waals surface area contributed by atoms with E-state index in [2.05, 4.69) is 11.8 Å². The van der Waals surface area contributed by atoms with Gasteiger partial charge in [0.15, 0.2) is 0 Å². The van der Waals surface area contributed by atoms with Crippen molar-refractivity contribution in [3.63, 3.8) is 0 Å². The van der Waals surface area contributed by atoms with E-state index in [4.69, 9.17) is 4.74 Å². The highest BCUT2D eigenvalue weighted by molar-refractivity contribution is 4.89. The van der Waals surface area contributed by atoms with E-state index < -0.39 is 0 Å². The second-order valence-corrected chi connectivity index (χ2v) is 7.94. The van der Waals surface area contributed by atoms with Gasteiger partial charge < -0.3 is 14.7 Å². The largest absolute Gasteiger partial charge is 0.389 e. The quantitative estimate of drug-likeness (QED) is 0.733. The first-order valence-corrected chi connectivity index (χ1v) is 9.19. The molecular formula is C18H33NO2. The normalized spacial score (nSPS) is 35.4. The number of aliphatic hydroxyl groups excluding tert-OH is 1. The number of likely N-dealkylation sites (tertiary alicyclic amines) is 1. The van der Waals surface area contributed by atoms with Crippen LogP contribution in [0.3, 0.4) is 0 Å². The minimum absolute atomic E-state index is 0.307. The molecule has 21 heavy (non-hydrogen) atoms. The fourth-order valence-corrected chi connectivity index (χ4v) is 4.78. The summed E-state index contributed by atoms with van der Waals surface area (Å²) < 4.78 is 5.75. The van der Waals surface area contributed by atoms with Gasteiger partial charge in [-0.1, -0.05) is 13.3 Å². The molecule has 3 nitrogen and oxygen atoms in total. The summed E-state index contributed by atoms with van der Waals surface area (Å²) in [5, 5.41) is 10.1. The number of hydrogen-bond donors (Lipinski definition) is 1. The van der Waals surface area contributed by atoms with Crippen LogP contribution in [0.4, 0.5) is 0 Å². The van der Waals surface area contributed by atoms with Gasteiger partial charge in [-0.15, -0.1) is 0 Å². The van der Waals surface area contributed by atoms with E-state index in [1.165, 1.54) is 44.9 Å². The number of rotatable bonds is 7. The topological polar surface area (TPSA) is 32.7 Å². The van der Waals surface area contributed by atoms with Crippen molar-refractivity contribution in [3.05, 3.63) is 0 Å². The number of fused-ring (bicyclic) bond motifs is 2. The van der Waals surface area contributed by atoms with Crippen LogP contribution >= 0.6 is 0 Å². The minimum atomic E-state index is -0.307. The Bertz CT molecular complexity index is 314. The van der Waals surface area contributed by atoms with Gasteiger partial charge in [-0.05, 0) is 75.3 Å². The zero-order valence-electron chi connectivity index (χ0n) is 13.7. The van der Waals surface area contributed by atoms with Gasteiger partial charge in [0.1, 0.15) is 0 Å². The van der Waals surface area contributed by atoms with Gasteiger partial charge in [-0.3, -0.25) is 0 Å². The zero-order valence-corrected chi connectivity index (χ0v) is 13.7. The van der Waals surface area contributed by atoms with Crippen LogP contribution in [0.2, 0.25) is 0 Å². The SMILES string of the molecule is CC1CCN(C[C@@H](O)COCC[C@H]2C[C@H]3CC[C@H]2C3)CC1. The summed E-state index contributed by atoms with van der Waals surface area (Å²) in [5.74, 6) is 3.81. The van der Waals surface area contributed by atoms with Crippen molar-refractivity contribution in [2.24, 2.45) is 23.7 Å². The second-order valence-electron chi connectivity index (χ2n) is 7.94. The molecular weight excluding hydrogens is 262 g/mol. The number of hydrogen-bond acceptors (Lipinski definition) is 3. The van der Waals surface area contributed by atoms with Crippen molar-refractivity contribution in [3.8, 4) is 0 Å². The lowest BCUT2D eigenvalue weighted by molar-refractivity contribution is 0.00593. The van der Waals surface area contributed by atoms with Gasteiger partial charge in [0.25, 0.3) is 0 Å². The highest BCUT2D eigenvalue weighted by Gasteiger charge is 2.38. The molecule has 3 rings (SSSR count). The fourth-order valence-electron chi connectivity index (χ4n) is 4.78. The summed E-state index contributed by atoms with van der Waals surface area (Å²) in [5.41, 5.74) is 0. The molecule has 3 fully saturated rings. The monoisotopic (exact) mass is 295 g/mol. The number of nitrogens with zero attached hydrogens (tertiary/aromatic N) is 1. The first kappa shape index (κ1) is 15.8. The smallest absolute Gasteiger partial charge is 0.0900 e. The molecule has 0 aromatic rings. The molecule has 3 heteroatoms. The molecule has 2 aliphatic carbocycles. The summed E-state index contributed by atoms with van der Waals surface area (Å²) in [6.45, 7) is 6.77. The van der Waals surface area contributed by atoms with Crippen LogP contribution in [0.5, 0.6) is 0 Å². The Kier molecular flexibility index (Phi) is 5.58. The van der Waals surface area contributed by atoms with Crippen LogP contribution in [0.1, 0.15) is 51.9 Å². The second kappa shape index (κ2) is 7.43. The van der Waals surface area contributed by atoms with Gasteiger partial charge in [0, 0.05) is 13.2 Å². The Hall–Kier alpha value is -0.120. The fraction of sp³-hybridized carbons (Fsp3) is 1.00. The Morgan fingerprint density at radius 1 is 1.14 bits per heavy atom. The van der Waals surface area contributed by atoms with Gasteiger partial charge in [-0.2, -0.15) is 0 Å². The standard InChI is InChI=1S/C18H33NO2/c1-14-4-7-19(8-5-14)12-18(20)13-21-9-6-17-11-15-2-3-16(17)10-15/h14-18,20H,2-13H2,1H3/t15-,16-,17-,18+/m0/s1. The van der Waals surface area contributed by atoms with Crippen molar-refractivity contribution < 1.29 is 9.84 Å². The molecule has 2 saturated carbocycles. The molecule has 4 atom stereocenters. The number of piperidine rings is 1. The lowest BCUT2D eigenvalue weighted by Crippen LogP contribution is -2.39. The Labute approximate surface area is 130 Å². The lowest BCUT2D eigenvalue weighted by atomic mass is 9.87. The third-order valence-electron chi connectivity index (χ3n) is 6.17. The van der Waals surface area contributed by atoms with Gasteiger partial charge in [-0.25, -0.2) is 0 Å². The summed E-state index contributed by atoms with van der Waals surface area (Å²) in [7, 11) is 0. The predicted molar refractivity (Wildman–Crippen MR) is 85.2 cm³/mol. The van der Waals surface area contributed by atoms with Gasteiger partial charge in [0.05, 0.1) is 12.7 Å². The van der Waals surface area contributed by atoms with Crippen molar-refractivity contribution >= 4 is 0 Å². The van der Waals surface area contributed by atoms with Crippen molar-refractivity contribution in [2.75, 3.05) is 32.8 Å². The first-order chi connectivity index (χ1) is 10.2. The average Bonchev–Trinajstić information content (AvgIpc) is 3.09. The molecule has 3 aliphatic rings. The van der Waals surface area contributed by atoms with E-state index in [0.717, 1.165) is 49.9 Å². The van der Waals surface area contributed by atoms with Crippen LogP contribution in [0, 0.1) is 23.7 Å². The maximum atomic E-state index is 10.1. The van der Waals surface area contributed by atoms with Gasteiger partial charge >= 0.3 is 0 Å². The zero-order chi connectivity index (χ0) is 14.7. The van der Waals surface area contributed by atoms with E-state index >= 15 is 0 Å². The third-order valence-corrected chi connectivity index (χ3v) is 6.17. The van der Waals surface area contributed by atoms with Gasteiger partial charge in [0.2, 0.25) is 0 Å². The first-order valence-electron chi connectivity index (χ1n) is 9.19. The third kappa shape index (κ3) is 4.43. The number of aliphatic hydroxyl groups is 1. The van der Waals surface area contributed by atoms with Crippen molar-refractivity contribution in [1.29, 1.82) is 0 Å². The molecule has 1 N–H and O–H groups in total. The molecule has 1 saturated heterocycles. The Morgan fingerprint density at radius 3 is 2.62 bits per heavy atom. The molecule has 1 aliphatic heterocycles. The molecule has 1 heterocycles. The molecule has 0 aromatic carbocycles. The summed E-state index contributed by atoms with van der Waals surface area (Å²) >= 11 is 0. The lowest BCUT2D eigenvalue weighted by Gasteiger charge is -2.31. The van der Waals surface area contributed by atoms with E-state index in [-0.39, 0.29) is 6.10 Å². The Balaban J connectivity index is 1.24. The number of ether oxygens (including phenoxy) is 1. The highest BCUT2D eigenvalue weighted by Crippen LogP contribution is 2.49. The molecule has 0 aromatic heterocycles. The van der Waals surface area contributed by atoms with Crippen LogP contribution in [-0.2, 0) is 4.74 Å². The molecule has 2 bridgehead atoms. The Morgan fingerprint density at radius 2 is 1.95 bits per heavy atom. The molecule has 0 spiro atoms. The molecule has 0 amide bonds. The predicted octanol–water partition coefficient (Wildman–Crippen LogP) is 2.92. The average molecular weight is 295 g/mol. The van der Waals surface area contributed by atoms with E-state index in [1.54, 1.807) is 0 Å². The van der Waals surface area contributed by atoms with Crippen LogP contribution in [-0.4, -0.2) is 49.0 Å². The maximum Gasteiger partial charge on any atom is 0.0900 e. The van der Waals surface area contributed by atoms with Crippen LogP contribution in [0.15, 0.2) is 0 Å². The minimum Gasteiger partial charge on any atom is -0.389 e. The van der Waals surface area contributed by atoms with Crippen molar-refractivity contribution in [2.45, 2.75) is 58.0 Å². The summed E-state index contributed by atoms with van der Waals surface area (Å²) in [4.78, 5) is 2.39.